The Labute approximate surface area is 110 Å². The van der Waals surface area contributed by atoms with E-state index in [0.29, 0.717) is 5.82 Å². The number of rotatable bonds is 5. The molecular formula is C11H17N3O3S. The summed E-state index contributed by atoms with van der Waals surface area (Å²) >= 11 is 1.05. The minimum atomic E-state index is -0.928. The van der Waals surface area contributed by atoms with Crippen LogP contribution in [-0.2, 0) is 15.0 Å². The monoisotopic (exact) mass is 271 g/mol. The second-order valence-corrected chi connectivity index (χ2v) is 5.84. The molecule has 0 fully saturated rings. The lowest BCUT2D eigenvalue weighted by atomic mass is 9.92. The number of thioether (sulfide) groups is 1. The van der Waals surface area contributed by atoms with Gasteiger partial charge in [0.05, 0.1) is 11.5 Å². The molecule has 0 aliphatic carbocycles. The van der Waals surface area contributed by atoms with Crippen molar-refractivity contribution in [3.63, 3.8) is 0 Å². The Hall–Kier alpha value is -1.50. The summed E-state index contributed by atoms with van der Waals surface area (Å²) in [5, 5.41) is 17.9. The lowest BCUT2D eigenvalue weighted by Crippen LogP contribution is -2.15. The molecule has 7 heteroatoms. The summed E-state index contributed by atoms with van der Waals surface area (Å²) in [6.07, 6.45) is 0. The van der Waals surface area contributed by atoms with Crippen molar-refractivity contribution in [3.05, 3.63) is 11.8 Å². The van der Waals surface area contributed by atoms with Gasteiger partial charge < -0.3 is 10.4 Å². The molecule has 3 N–H and O–H groups in total. The quantitative estimate of drug-likeness (QED) is 0.753. The highest BCUT2D eigenvalue weighted by Gasteiger charge is 2.17. The Bertz CT molecular complexity index is 437. The third-order valence-electron chi connectivity index (χ3n) is 2.11. The zero-order chi connectivity index (χ0) is 13.8. The third-order valence-corrected chi connectivity index (χ3v) is 3.03. The van der Waals surface area contributed by atoms with Gasteiger partial charge in [0.2, 0.25) is 5.91 Å². The maximum atomic E-state index is 11.5. The van der Waals surface area contributed by atoms with E-state index < -0.39 is 5.97 Å². The summed E-state index contributed by atoms with van der Waals surface area (Å²) in [6, 6.07) is 1.78. The minimum Gasteiger partial charge on any atom is -0.481 e. The van der Waals surface area contributed by atoms with E-state index in [-0.39, 0.29) is 22.8 Å². The van der Waals surface area contributed by atoms with Gasteiger partial charge in [-0.1, -0.05) is 20.8 Å². The molecule has 1 aromatic rings. The summed E-state index contributed by atoms with van der Waals surface area (Å²) in [6.45, 7) is 6.11. The molecule has 1 rings (SSSR count). The number of carboxylic acids is 1. The number of carbonyl (C=O) groups is 2. The molecule has 0 radical (unpaired) electrons. The Morgan fingerprint density at radius 1 is 1.44 bits per heavy atom. The number of aliphatic carboxylic acids is 1. The van der Waals surface area contributed by atoms with Gasteiger partial charge in [0.15, 0.2) is 5.82 Å². The third kappa shape index (κ3) is 4.79. The number of nitrogens with one attached hydrogen (secondary N) is 2. The maximum Gasteiger partial charge on any atom is 0.313 e. The van der Waals surface area contributed by atoms with Crippen molar-refractivity contribution in [2.75, 3.05) is 16.8 Å². The van der Waals surface area contributed by atoms with Crippen molar-refractivity contribution < 1.29 is 14.7 Å². The van der Waals surface area contributed by atoms with Crippen LogP contribution in [0.5, 0.6) is 0 Å². The van der Waals surface area contributed by atoms with Gasteiger partial charge in [-0.15, -0.1) is 11.8 Å². The van der Waals surface area contributed by atoms with Crippen LogP contribution in [0.4, 0.5) is 5.82 Å². The van der Waals surface area contributed by atoms with E-state index in [0.717, 1.165) is 17.5 Å². The highest BCUT2D eigenvalue weighted by atomic mass is 32.2. The zero-order valence-corrected chi connectivity index (χ0v) is 11.4. The summed E-state index contributed by atoms with van der Waals surface area (Å²) in [4.78, 5) is 21.8. The SMILES string of the molecule is CC(C)(C)c1cc(NC(=O)CSCC(=O)O)n[nH]1. The molecule has 0 atom stereocenters. The van der Waals surface area contributed by atoms with E-state index in [1.165, 1.54) is 0 Å². The van der Waals surface area contributed by atoms with Gasteiger partial charge in [-0.3, -0.25) is 14.7 Å². The number of hydrogen-bond donors (Lipinski definition) is 3. The van der Waals surface area contributed by atoms with Crippen LogP contribution < -0.4 is 5.32 Å². The Balaban J connectivity index is 2.45. The van der Waals surface area contributed by atoms with Crippen LogP contribution in [0.3, 0.4) is 0 Å². The topological polar surface area (TPSA) is 95.1 Å². The van der Waals surface area contributed by atoms with E-state index in [4.69, 9.17) is 5.11 Å². The lowest BCUT2D eigenvalue weighted by molar-refractivity contribution is -0.133. The van der Waals surface area contributed by atoms with Crippen molar-refractivity contribution in [3.8, 4) is 0 Å². The Morgan fingerprint density at radius 2 is 2.11 bits per heavy atom. The second kappa shape index (κ2) is 5.90. The number of amides is 1. The standard InChI is InChI=1S/C11H17N3O3S/c1-11(2,3)7-4-8(14-13-7)12-9(15)5-18-6-10(16)17/h4H,5-6H2,1-3H3,(H,16,17)(H2,12,13,14,15). The number of anilines is 1. The van der Waals surface area contributed by atoms with E-state index in [9.17, 15) is 9.59 Å². The fourth-order valence-corrected chi connectivity index (χ4v) is 1.71. The molecule has 0 spiro atoms. The molecule has 1 aromatic heterocycles. The average Bonchev–Trinajstić information content (AvgIpc) is 2.64. The number of nitrogens with zero attached hydrogens (tertiary/aromatic N) is 1. The molecule has 0 aliphatic heterocycles. The normalized spacial score (nSPS) is 11.3. The highest BCUT2D eigenvalue weighted by Crippen LogP contribution is 2.21. The van der Waals surface area contributed by atoms with E-state index in [1.54, 1.807) is 6.07 Å². The number of aromatic amines is 1. The van der Waals surface area contributed by atoms with E-state index in [1.807, 2.05) is 20.8 Å². The summed E-state index contributed by atoms with van der Waals surface area (Å²) in [5.41, 5.74) is 0.865. The predicted octanol–water partition coefficient (Wildman–Crippen LogP) is 1.46. The first-order valence-electron chi connectivity index (χ1n) is 5.44. The van der Waals surface area contributed by atoms with Crippen LogP contribution >= 0.6 is 11.8 Å². The molecule has 0 aromatic carbocycles. The predicted molar refractivity (Wildman–Crippen MR) is 70.9 cm³/mol. The van der Waals surface area contributed by atoms with Gasteiger partial charge in [0.25, 0.3) is 0 Å². The van der Waals surface area contributed by atoms with Crippen molar-refractivity contribution >= 4 is 29.5 Å². The van der Waals surface area contributed by atoms with Gasteiger partial charge in [0.1, 0.15) is 0 Å². The number of H-pyrrole nitrogens is 1. The Kier molecular flexibility index (Phi) is 4.77. The van der Waals surface area contributed by atoms with Gasteiger partial charge in [-0.2, -0.15) is 5.10 Å². The molecule has 1 heterocycles. The fourth-order valence-electron chi connectivity index (χ4n) is 1.18. The molecule has 0 saturated carbocycles. The number of aromatic nitrogens is 2. The Morgan fingerprint density at radius 3 is 2.61 bits per heavy atom. The van der Waals surface area contributed by atoms with Crippen LogP contribution in [0.25, 0.3) is 0 Å². The molecule has 0 saturated heterocycles. The lowest BCUT2D eigenvalue weighted by Gasteiger charge is -2.14. The van der Waals surface area contributed by atoms with Crippen molar-refractivity contribution in [1.29, 1.82) is 0 Å². The van der Waals surface area contributed by atoms with Gasteiger partial charge in [-0.05, 0) is 0 Å². The number of carboxylic acid groups (broad SMARTS) is 1. The van der Waals surface area contributed by atoms with Crippen LogP contribution in [0.2, 0.25) is 0 Å². The van der Waals surface area contributed by atoms with Crippen LogP contribution in [0, 0.1) is 0 Å². The molecule has 18 heavy (non-hydrogen) atoms. The minimum absolute atomic E-state index is 0.0615. The van der Waals surface area contributed by atoms with Crippen molar-refractivity contribution in [1.82, 2.24) is 10.2 Å². The molecule has 0 aliphatic rings. The number of hydrogen-bond acceptors (Lipinski definition) is 4. The molecule has 1 amide bonds. The molecular weight excluding hydrogens is 254 g/mol. The van der Waals surface area contributed by atoms with Crippen LogP contribution in [-0.4, -0.2) is 38.7 Å². The second-order valence-electron chi connectivity index (χ2n) is 4.85. The smallest absolute Gasteiger partial charge is 0.313 e. The van der Waals surface area contributed by atoms with Crippen molar-refractivity contribution in [2.45, 2.75) is 26.2 Å². The van der Waals surface area contributed by atoms with Crippen LogP contribution in [0.1, 0.15) is 26.5 Å². The summed E-state index contributed by atoms with van der Waals surface area (Å²) < 4.78 is 0. The maximum absolute atomic E-state index is 11.5. The molecule has 0 bridgehead atoms. The first kappa shape index (κ1) is 14.6. The molecule has 0 unspecified atom stereocenters. The van der Waals surface area contributed by atoms with Gasteiger partial charge >= 0.3 is 5.97 Å². The van der Waals surface area contributed by atoms with Gasteiger partial charge in [0, 0.05) is 17.2 Å². The largest absolute Gasteiger partial charge is 0.481 e. The molecule has 6 nitrogen and oxygen atoms in total. The first-order chi connectivity index (χ1) is 8.29. The zero-order valence-electron chi connectivity index (χ0n) is 10.6. The average molecular weight is 271 g/mol. The summed E-state index contributed by atoms with van der Waals surface area (Å²) in [5.74, 6) is -0.706. The summed E-state index contributed by atoms with van der Waals surface area (Å²) in [7, 11) is 0. The fraction of sp³-hybridized carbons (Fsp3) is 0.545. The molecule has 100 valence electrons. The van der Waals surface area contributed by atoms with Crippen molar-refractivity contribution in [2.24, 2.45) is 0 Å². The van der Waals surface area contributed by atoms with E-state index in [2.05, 4.69) is 15.5 Å². The number of carbonyl (C=O) groups excluding carboxylic acids is 1. The highest BCUT2D eigenvalue weighted by molar-refractivity contribution is 8.00. The van der Waals surface area contributed by atoms with E-state index >= 15 is 0 Å². The van der Waals surface area contributed by atoms with Gasteiger partial charge in [-0.25, -0.2) is 0 Å². The van der Waals surface area contributed by atoms with Crippen LogP contribution in [0.15, 0.2) is 6.07 Å². The first-order valence-corrected chi connectivity index (χ1v) is 6.60.